The van der Waals surface area contributed by atoms with Gasteiger partial charge in [-0.3, -0.25) is 9.36 Å². The third-order valence-electron chi connectivity index (χ3n) is 4.49. The van der Waals surface area contributed by atoms with Gasteiger partial charge in [0.25, 0.3) is 5.56 Å². The van der Waals surface area contributed by atoms with Crippen molar-refractivity contribution >= 4 is 28.0 Å². The molecule has 0 radical (unpaired) electrons. The maximum atomic E-state index is 13.1. The van der Waals surface area contributed by atoms with E-state index in [1.54, 1.807) is 11.6 Å². The zero-order valence-electron chi connectivity index (χ0n) is 17.1. The molecule has 3 aromatic rings. The summed E-state index contributed by atoms with van der Waals surface area (Å²) in [7, 11) is 1.73. The molecule has 28 heavy (non-hydrogen) atoms. The van der Waals surface area contributed by atoms with Crippen LogP contribution >= 0.6 is 0 Å². The SMILES string of the molecule is CC(=N[S@+]([O-])C(C)(C)C)c1cc(C)cc2c(=O)n(C)c(-c3ccccc3)nc12. The molecule has 0 saturated heterocycles. The lowest BCUT2D eigenvalue weighted by molar-refractivity contribution is 0.561. The number of benzene rings is 2. The first kappa shape index (κ1) is 20.3. The highest BCUT2D eigenvalue weighted by molar-refractivity contribution is 7.91. The maximum Gasteiger partial charge on any atom is 0.261 e. The lowest BCUT2D eigenvalue weighted by Gasteiger charge is -2.19. The summed E-state index contributed by atoms with van der Waals surface area (Å²) in [6, 6.07) is 13.4. The predicted octanol–water partition coefficient (Wildman–Crippen LogP) is 4.18. The second kappa shape index (κ2) is 7.53. The van der Waals surface area contributed by atoms with Crippen molar-refractivity contribution in [3.63, 3.8) is 0 Å². The Kier molecular flexibility index (Phi) is 5.46. The van der Waals surface area contributed by atoms with Crippen molar-refractivity contribution in [2.45, 2.75) is 39.4 Å². The Morgan fingerprint density at radius 1 is 1.18 bits per heavy atom. The van der Waals surface area contributed by atoms with Gasteiger partial charge in [-0.25, -0.2) is 4.98 Å². The normalized spacial score (nSPS) is 13.8. The van der Waals surface area contributed by atoms with Crippen molar-refractivity contribution in [2.75, 3.05) is 0 Å². The molecule has 0 aliphatic heterocycles. The van der Waals surface area contributed by atoms with Crippen LogP contribution in [0.15, 0.2) is 51.7 Å². The number of nitrogens with zero attached hydrogens (tertiary/aromatic N) is 3. The second-order valence-electron chi connectivity index (χ2n) is 7.91. The molecule has 0 aliphatic carbocycles. The second-order valence-corrected chi connectivity index (χ2v) is 9.82. The highest BCUT2D eigenvalue weighted by atomic mass is 32.2. The van der Waals surface area contributed by atoms with Crippen molar-refractivity contribution in [3.8, 4) is 11.4 Å². The molecule has 0 N–H and O–H groups in total. The van der Waals surface area contributed by atoms with Gasteiger partial charge in [0.05, 0.1) is 16.6 Å². The summed E-state index contributed by atoms with van der Waals surface area (Å²) in [6.07, 6.45) is 0. The summed E-state index contributed by atoms with van der Waals surface area (Å²) in [5.74, 6) is 0.591. The number of hydrogen-bond acceptors (Lipinski definition) is 4. The third kappa shape index (κ3) is 3.88. The number of rotatable bonds is 3. The van der Waals surface area contributed by atoms with E-state index < -0.39 is 16.1 Å². The van der Waals surface area contributed by atoms with Gasteiger partial charge >= 0.3 is 0 Å². The average Bonchev–Trinajstić information content (AvgIpc) is 2.64. The Morgan fingerprint density at radius 2 is 1.82 bits per heavy atom. The van der Waals surface area contributed by atoms with Gasteiger partial charge in [-0.1, -0.05) is 34.7 Å². The van der Waals surface area contributed by atoms with Crippen LogP contribution in [0.5, 0.6) is 0 Å². The Hall–Kier alpha value is -2.44. The fourth-order valence-electron chi connectivity index (χ4n) is 2.95. The van der Waals surface area contributed by atoms with Crippen molar-refractivity contribution in [1.29, 1.82) is 0 Å². The first-order valence-corrected chi connectivity index (χ1v) is 10.2. The molecule has 5 nitrogen and oxygen atoms in total. The summed E-state index contributed by atoms with van der Waals surface area (Å²) in [6.45, 7) is 9.40. The summed E-state index contributed by atoms with van der Waals surface area (Å²) >= 11 is -1.39. The molecule has 2 aromatic carbocycles. The van der Waals surface area contributed by atoms with Crippen LogP contribution in [0.1, 0.15) is 38.8 Å². The molecule has 0 amide bonds. The summed E-state index contributed by atoms with van der Waals surface area (Å²) in [5.41, 5.74) is 3.62. The van der Waals surface area contributed by atoms with E-state index in [0.29, 0.717) is 22.4 Å². The van der Waals surface area contributed by atoms with Crippen LogP contribution in [0.25, 0.3) is 22.3 Å². The first-order valence-electron chi connectivity index (χ1n) is 9.14. The minimum absolute atomic E-state index is 0.112. The van der Waals surface area contributed by atoms with E-state index in [4.69, 9.17) is 4.98 Å². The highest BCUT2D eigenvalue weighted by Crippen LogP contribution is 2.24. The monoisotopic (exact) mass is 395 g/mol. The van der Waals surface area contributed by atoms with E-state index >= 15 is 0 Å². The van der Waals surface area contributed by atoms with Gasteiger partial charge in [0.1, 0.15) is 21.9 Å². The van der Waals surface area contributed by atoms with Crippen molar-refractivity contribution in [2.24, 2.45) is 11.4 Å². The summed E-state index contributed by atoms with van der Waals surface area (Å²) in [4.78, 5) is 17.9. The molecule has 0 saturated carbocycles. The van der Waals surface area contributed by atoms with Crippen LogP contribution in [0.3, 0.4) is 0 Å². The van der Waals surface area contributed by atoms with Gasteiger partial charge in [0, 0.05) is 18.2 Å². The molecule has 0 unspecified atom stereocenters. The average molecular weight is 396 g/mol. The van der Waals surface area contributed by atoms with Gasteiger partial charge in [0.15, 0.2) is 0 Å². The van der Waals surface area contributed by atoms with Gasteiger partial charge < -0.3 is 4.55 Å². The number of aromatic nitrogens is 2. The van der Waals surface area contributed by atoms with E-state index in [1.165, 1.54) is 0 Å². The Balaban J connectivity index is 2.31. The van der Waals surface area contributed by atoms with Crippen LogP contribution in [0.4, 0.5) is 0 Å². The lowest BCUT2D eigenvalue weighted by Crippen LogP contribution is -2.27. The number of aryl methyl sites for hydroxylation is 1. The van der Waals surface area contributed by atoms with Crippen LogP contribution in [-0.4, -0.2) is 24.6 Å². The molecule has 6 heteroatoms. The van der Waals surface area contributed by atoms with Gasteiger partial charge in [-0.2, -0.15) is 0 Å². The Bertz CT molecular complexity index is 1110. The van der Waals surface area contributed by atoms with Crippen LogP contribution in [0, 0.1) is 6.92 Å². The summed E-state index contributed by atoms with van der Waals surface area (Å²) < 4.78 is 18.0. The van der Waals surface area contributed by atoms with Crippen molar-refractivity contribution in [1.82, 2.24) is 9.55 Å². The molecule has 3 rings (SSSR count). The van der Waals surface area contributed by atoms with Gasteiger partial charge in [-0.05, 0) is 52.3 Å². The topological polar surface area (TPSA) is 70.3 Å². The molecule has 1 heterocycles. The number of hydrogen-bond donors (Lipinski definition) is 0. The van der Waals surface area contributed by atoms with Crippen LogP contribution < -0.4 is 5.56 Å². The maximum absolute atomic E-state index is 13.1. The van der Waals surface area contributed by atoms with E-state index in [2.05, 4.69) is 4.40 Å². The number of fused-ring (bicyclic) bond motifs is 1. The Morgan fingerprint density at radius 3 is 2.43 bits per heavy atom. The molecule has 146 valence electrons. The molecular weight excluding hydrogens is 370 g/mol. The molecule has 1 atom stereocenters. The minimum atomic E-state index is -1.39. The zero-order chi connectivity index (χ0) is 20.6. The van der Waals surface area contributed by atoms with Crippen LogP contribution in [-0.2, 0) is 18.4 Å². The fraction of sp³-hybridized carbons (Fsp3) is 0.318. The first-order chi connectivity index (χ1) is 13.1. The lowest BCUT2D eigenvalue weighted by atomic mass is 10.0. The Labute approximate surface area is 168 Å². The van der Waals surface area contributed by atoms with Crippen molar-refractivity contribution in [3.05, 3.63) is 63.9 Å². The van der Waals surface area contributed by atoms with Gasteiger partial charge in [-0.15, -0.1) is 0 Å². The zero-order valence-corrected chi connectivity index (χ0v) is 17.9. The predicted molar refractivity (Wildman–Crippen MR) is 117 cm³/mol. The largest absolute Gasteiger partial charge is 0.591 e. The summed E-state index contributed by atoms with van der Waals surface area (Å²) in [5, 5.41) is 0.535. The minimum Gasteiger partial charge on any atom is -0.591 e. The quantitative estimate of drug-likeness (QED) is 0.493. The van der Waals surface area contributed by atoms with E-state index in [1.807, 2.05) is 77.1 Å². The smallest absolute Gasteiger partial charge is 0.261 e. The molecular formula is C22H25N3O2S. The fourth-order valence-corrected chi connectivity index (χ4v) is 3.57. The molecule has 0 fully saturated rings. The van der Waals surface area contributed by atoms with E-state index in [-0.39, 0.29) is 5.56 Å². The molecule has 1 aromatic heterocycles. The van der Waals surface area contributed by atoms with Crippen LogP contribution in [0.2, 0.25) is 0 Å². The van der Waals surface area contributed by atoms with E-state index in [0.717, 1.165) is 16.7 Å². The van der Waals surface area contributed by atoms with E-state index in [9.17, 15) is 9.35 Å². The van der Waals surface area contributed by atoms with Crippen molar-refractivity contribution < 1.29 is 4.55 Å². The standard InChI is InChI=1S/C22H25N3O2S/c1-14-12-17(15(2)24-28(27)22(3,4)5)19-18(13-14)21(26)25(6)20(23-19)16-10-8-7-9-11-16/h7-13H,1-6H3/t28-/m1/s1. The molecule has 0 bridgehead atoms. The van der Waals surface area contributed by atoms with Gasteiger partial charge in [0.2, 0.25) is 0 Å². The molecule has 0 spiro atoms. The molecule has 0 aliphatic rings. The third-order valence-corrected chi connectivity index (χ3v) is 5.98. The highest BCUT2D eigenvalue weighted by Gasteiger charge is 2.27.